The SMILES string of the molecule is Cc1cn(C)c([C@@H]2CCN(C(=O)c3cc4c([nH]c3=O)CCC4)C2)n1. The smallest absolute Gasteiger partial charge is 0.261 e. The van der Waals surface area contributed by atoms with Crippen molar-refractivity contribution in [2.45, 2.75) is 38.5 Å². The van der Waals surface area contributed by atoms with Crippen LogP contribution < -0.4 is 5.56 Å². The van der Waals surface area contributed by atoms with Gasteiger partial charge < -0.3 is 14.5 Å². The van der Waals surface area contributed by atoms with Gasteiger partial charge in [-0.3, -0.25) is 9.59 Å². The van der Waals surface area contributed by atoms with Crippen LogP contribution in [-0.2, 0) is 19.9 Å². The molecule has 126 valence electrons. The van der Waals surface area contributed by atoms with E-state index in [0.29, 0.717) is 13.1 Å². The number of aromatic amines is 1. The van der Waals surface area contributed by atoms with E-state index >= 15 is 0 Å². The minimum atomic E-state index is -0.253. The normalized spacial score (nSPS) is 19.8. The summed E-state index contributed by atoms with van der Waals surface area (Å²) in [7, 11) is 1.99. The predicted octanol–water partition coefficient (Wildman–Crippen LogP) is 1.54. The molecule has 1 aliphatic carbocycles. The zero-order valence-electron chi connectivity index (χ0n) is 14.1. The lowest BCUT2D eigenvalue weighted by Gasteiger charge is -2.16. The summed E-state index contributed by atoms with van der Waals surface area (Å²) in [5, 5.41) is 0. The van der Waals surface area contributed by atoms with Gasteiger partial charge >= 0.3 is 0 Å². The van der Waals surface area contributed by atoms with Gasteiger partial charge in [-0.1, -0.05) is 0 Å². The molecule has 6 heteroatoms. The number of fused-ring (bicyclic) bond motifs is 1. The van der Waals surface area contributed by atoms with E-state index in [0.717, 1.165) is 48.5 Å². The van der Waals surface area contributed by atoms with Crippen molar-refractivity contribution in [2.75, 3.05) is 13.1 Å². The van der Waals surface area contributed by atoms with Crippen LogP contribution in [0.5, 0.6) is 0 Å². The maximum Gasteiger partial charge on any atom is 0.261 e. The molecular weight excluding hydrogens is 304 g/mol. The number of carbonyl (C=O) groups is 1. The first-order chi connectivity index (χ1) is 11.5. The van der Waals surface area contributed by atoms with Crippen LogP contribution in [0.1, 0.15) is 51.9 Å². The summed E-state index contributed by atoms with van der Waals surface area (Å²) in [5.74, 6) is 1.10. The van der Waals surface area contributed by atoms with Crippen molar-refractivity contribution in [3.63, 3.8) is 0 Å². The molecule has 2 aromatic heterocycles. The fourth-order valence-corrected chi connectivity index (χ4v) is 4.01. The third kappa shape index (κ3) is 2.46. The average Bonchev–Trinajstić information content (AvgIpc) is 3.25. The van der Waals surface area contributed by atoms with E-state index in [2.05, 4.69) is 9.97 Å². The minimum Gasteiger partial charge on any atom is -0.338 e. The Hall–Kier alpha value is -2.37. The van der Waals surface area contributed by atoms with Gasteiger partial charge in [-0.05, 0) is 44.2 Å². The highest BCUT2D eigenvalue weighted by Crippen LogP contribution is 2.27. The summed E-state index contributed by atoms with van der Waals surface area (Å²) in [6.07, 6.45) is 5.79. The molecule has 4 rings (SSSR count). The molecule has 3 heterocycles. The summed E-state index contributed by atoms with van der Waals surface area (Å²) in [6.45, 7) is 3.27. The number of amides is 1. The number of nitrogens with zero attached hydrogens (tertiary/aromatic N) is 3. The maximum atomic E-state index is 12.8. The van der Waals surface area contributed by atoms with Gasteiger partial charge in [-0.25, -0.2) is 4.98 Å². The Bertz CT molecular complexity index is 864. The number of H-pyrrole nitrogens is 1. The first-order valence-corrected chi connectivity index (χ1v) is 8.57. The number of aromatic nitrogens is 3. The average molecular weight is 326 g/mol. The Morgan fingerprint density at radius 3 is 2.96 bits per heavy atom. The quantitative estimate of drug-likeness (QED) is 0.910. The van der Waals surface area contributed by atoms with Crippen molar-refractivity contribution < 1.29 is 4.79 Å². The number of carbonyl (C=O) groups excluding carboxylic acids is 1. The van der Waals surface area contributed by atoms with Crippen LogP contribution in [0, 0.1) is 6.92 Å². The summed E-state index contributed by atoms with van der Waals surface area (Å²) in [4.78, 5) is 34.3. The lowest BCUT2D eigenvalue weighted by molar-refractivity contribution is 0.0788. The lowest BCUT2D eigenvalue weighted by Crippen LogP contribution is -2.33. The highest BCUT2D eigenvalue weighted by atomic mass is 16.2. The van der Waals surface area contributed by atoms with E-state index in [4.69, 9.17) is 0 Å². The lowest BCUT2D eigenvalue weighted by atomic mass is 10.1. The number of hydrogen-bond acceptors (Lipinski definition) is 3. The van der Waals surface area contributed by atoms with Crippen LogP contribution in [0.25, 0.3) is 0 Å². The molecule has 0 unspecified atom stereocenters. The van der Waals surface area contributed by atoms with Crippen molar-refractivity contribution >= 4 is 5.91 Å². The molecule has 0 bridgehead atoms. The van der Waals surface area contributed by atoms with E-state index in [1.807, 2.05) is 30.8 Å². The number of rotatable bonds is 2. The van der Waals surface area contributed by atoms with Gasteiger partial charge in [0.15, 0.2) is 0 Å². The summed E-state index contributed by atoms with van der Waals surface area (Å²) in [5.41, 5.74) is 3.14. The molecule has 1 amide bonds. The van der Waals surface area contributed by atoms with Crippen LogP contribution in [0.3, 0.4) is 0 Å². The van der Waals surface area contributed by atoms with Crippen LogP contribution in [0.2, 0.25) is 0 Å². The summed E-state index contributed by atoms with van der Waals surface area (Å²) >= 11 is 0. The minimum absolute atomic E-state index is 0.153. The molecule has 1 aliphatic heterocycles. The predicted molar refractivity (Wildman–Crippen MR) is 90.3 cm³/mol. The van der Waals surface area contributed by atoms with E-state index < -0.39 is 0 Å². The molecule has 2 aliphatic rings. The summed E-state index contributed by atoms with van der Waals surface area (Å²) in [6, 6.07) is 1.81. The highest BCUT2D eigenvalue weighted by Gasteiger charge is 2.31. The van der Waals surface area contributed by atoms with Crippen LogP contribution >= 0.6 is 0 Å². The standard InChI is InChI=1S/C18H22N4O2/c1-11-9-21(2)16(19-11)13-6-7-22(10-13)18(24)14-8-12-4-3-5-15(12)20-17(14)23/h8-9,13H,3-7,10H2,1-2H3,(H,20,23)/t13-/m1/s1. The summed E-state index contributed by atoms with van der Waals surface area (Å²) < 4.78 is 2.04. The zero-order chi connectivity index (χ0) is 16.8. The molecule has 1 atom stereocenters. The van der Waals surface area contributed by atoms with Crippen molar-refractivity contribution in [3.05, 3.63) is 51.0 Å². The zero-order valence-corrected chi connectivity index (χ0v) is 14.1. The van der Waals surface area contributed by atoms with Gasteiger partial charge in [0.05, 0.1) is 5.69 Å². The second-order valence-electron chi connectivity index (χ2n) is 6.96. The monoisotopic (exact) mass is 326 g/mol. The molecule has 1 fully saturated rings. The third-order valence-electron chi connectivity index (χ3n) is 5.19. The number of pyridine rings is 1. The number of aryl methyl sites for hydroxylation is 4. The van der Waals surface area contributed by atoms with Gasteiger partial charge in [0.2, 0.25) is 0 Å². The van der Waals surface area contributed by atoms with Crippen molar-refractivity contribution in [2.24, 2.45) is 7.05 Å². The first-order valence-electron chi connectivity index (χ1n) is 8.57. The molecule has 1 saturated heterocycles. The van der Waals surface area contributed by atoms with Crippen molar-refractivity contribution in [1.29, 1.82) is 0 Å². The number of nitrogens with one attached hydrogen (secondary N) is 1. The van der Waals surface area contributed by atoms with Crippen LogP contribution in [0.4, 0.5) is 0 Å². The second-order valence-corrected chi connectivity index (χ2v) is 6.96. The van der Waals surface area contributed by atoms with Crippen molar-refractivity contribution in [3.8, 4) is 0 Å². The van der Waals surface area contributed by atoms with Gasteiger partial charge in [0.25, 0.3) is 11.5 Å². The van der Waals surface area contributed by atoms with Crippen LogP contribution in [0.15, 0.2) is 17.1 Å². The van der Waals surface area contributed by atoms with Crippen LogP contribution in [-0.4, -0.2) is 38.4 Å². The molecule has 0 spiro atoms. The number of imidazole rings is 1. The molecule has 24 heavy (non-hydrogen) atoms. The molecule has 1 N–H and O–H groups in total. The first kappa shape index (κ1) is 15.2. The molecule has 0 saturated carbocycles. The number of likely N-dealkylation sites (tertiary alicyclic amines) is 1. The maximum absolute atomic E-state index is 12.8. The highest BCUT2D eigenvalue weighted by molar-refractivity contribution is 5.94. The topological polar surface area (TPSA) is 71.0 Å². The molecule has 2 aromatic rings. The van der Waals surface area contributed by atoms with E-state index in [1.54, 1.807) is 4.90 Å². The van der Waals surface area contributed by atoms with Gasteiger partial charge in [0.1, 0.15) is 11.4 Å². The Labute approximate surface area is 140 Å². The second kappa shape index (κ2) is 5.61. The Morgan fingerprint density at radius 2 is 2.21 bits per heavy atom. The largest absolute Gasteiger partial charge is 0.338 e. The van der Waals surface area contributed by atoms with Gasteiger partial charge in [-0.15, -0.1) is 0 Å². The molecule has 0 aromatic carbocycles. The third-order valence-corrected chi connectivity index (χ3v) is 5.19. The molecular formula is C18H22N4O2. The van der Waals surface area contributed by atoms with Gasteiger partial charge in [-0.2, -0.15) is 0 Å². The number of hydrogen-bond donors (Lipinski definition) is 1. The fourth-order valence-electron chi connectivity index (χ4n) is 4.01. The van der Waals surface area contributed by atoms with Gasteiger partial charge in [0, 0.05) is 37.9 Å². The molecule has 6 nitrogen and oxygen atoms in total. The van der Waals surface area contributed by atoms with E-state index in [9.17, 15) is 9.59 Å². The molecule has 0 radical (unpaired) electrons. The fraction of sp³-hybridized carbons (Fsp3) is 0.500. The van der Waals surface area contributed by atoms with E-state index in [1.165, 1.54) is 0 Å². The Kier molecular flexibility index (Phi) is 3.55. The van der Waals surface area contributed by atoms with E-state index in [-0.39, 0.29) is 22.9 Å². The van der Waals surface area contributed by atoms with Crippen molar-refractivity contribution in [1.82, 2.24) is 19.4 Å². The Balaban J connectivity index is 1.56. The Morgan fingerprint density at radius 1 is 1.38 bits per heavy atom.